The van der Waals surface area contributed by atoms with E-state index in [1.54, 1.807) is 6.07 Å². The van der Waals surface area contributed by atoms with Gasteiger partial charge in [0.1, 0.15) is 10.6 Å². The summed E-state index contributed by atoms with van der Waals surface area (Å²) in [5, 5.41) is 12.8. The predicted octanol–water partition coefficient (Wildman–Crippen LogP) is 3.90. The molecule has 27 heavy (non-hydrogen) atoms. The van der Waals surface area contributed by atoms with Gasteiger partial charge in [0.2, 0.25) is 10.0 Å². The Morgan fingerprint density at radius 1 is 1.11 bits per heavy atom. The lowest BCUT2D eigenvalue weighted by Crippen LogP contribution is -2.26. The molecule has 0 saturated carbocycles. The van der Waals surface area contributed by atoms with Crippen molar-refractivity contribution in [3.05, 3.63) is 71.2 Å². The topological polar surface area (TPSA) is 75.6 Å². The molecule has 0 spiro atoms. The fourth-order valence-corrected chi connectivity index (χ4v) is 4.44. The van der Waals surface area contributed by atoms with Gasteiger partial charge in [-0.15, -0.1) is 0 Å². The van der Waals surface area contributed by atoms with Crippen molar-refractivity contribution in [2.75, 3.05) is 13.7 Å². The molecule has 1 unspecified atom stereocenters. The molecule has 5 nitrogen and oxygen atoms in total. The van der Waals surface area contributed by atoms with Crippen molar-refractivity contribution in [3.8, 4) is 5.75 Å². The Balaban J connectivity index is 1.73. The maximum absolute atomic E-state index is 12.6. The lowest BCUT2D eigenvalue weighted by molar-refractivity contribution is 0.170. The highest BCUT2D eigenvalue weighted by Crippen LogP contribution is 2.28. The normalized spacial score (nSPS) is 12.9. The van der Waals surface area contributed by atoms with E-state index in [9.17, 15) is 13.5 Å². The zero-order valence-electron chi connectivity index (χ0n) is 14.7. The highest BCUT2D eigenvalue weighted by molar-refractivity contribution is 7.89. The summed E-state index contributed by atoms with van der Waals surface area (Å²) in [7, 11) is -2.42. The van der Waals surface area contributed by atoms with E-state index in [1.807, 2.05) is 42.5 Å². The minimum atomic E-state index is -3.82. The van der Waals surface area contributed by atoms with Crippen molar-refractivity contribution in [2.45, 2.75) is 17.4 Å². The number of hydrogen-bond acceptors (Lipinski definition) is 4. The van der Waals surface area contributed by atoms with E-state index in [0.29, 0.717) is 5.02 Å². The SMILES string of the molecule is COc1ccc(Cl)cc1S(=O)(=O)NCCC(O)c1cccc2ccccc12. The van der Waals surface area contributed by atoms with Gasteiger partial charge >= 0.3 is 0 Å². The molecule has 142 valence electrons. The van der Waals surface area contributed by atoms with Crippen LogP contribution in [0, 0.1) is 0 Å². The Kier molecular flexibility index (Phi) is 6.01. The molecule has 0 saturated heterocycles. The van der Waals surface area contributed by atoms with E-state index in [-0.39, 0.29) is 23.6 Å². The lowest BCUT2D eigenvalue weighted by Gasteiger charge is -2.15. The van der Waals surface area contributed by atoms with E-state index in [0.717, 1.165) is 16.3 Å². The van der Waals surface area contributed by atoms with Crippen LogP contribution in [0.3, 0.4) is 0 Å². The second kappa shape index (κ2) is 8.27. The van der Waals surface area contributed by atoms with E-state index in [1.165, 1.54) is 19.2 Å². The predicted molar refractivity (Wildman–Crippen MR) is 107 cm³/mol. The van der Waals surface area contributed by atoms with E-state index in [2.05, 4.69) is 4.72 Å². The van der Waals surface area contributed by atoms with Crippen molar-refractivity contribution >= 4 is 32.4 Å². The summed E-state index contributed by atoms with van der Waals surface area (Å²) in [6.07, 6.45) is -0.559. The number of aliphatic hydroxyl groups excluding tert-OH is 1. The minimum Gasteiger partial charge on any atom is -0.495 e. The smallest absolute Gasteiger partial charge is 0.244 e. The highest BCUT2D eigenvalue weighted by atomic mass is 35.5. The van der Waals surface area contributed by atoms with Gasteiger partial charge in [-0.25, -0.2) is 13.1 Å². The molecular weight excluding hydrogens is 386 g/mol. The van der Waals surface area contributed by atoms with E-state index in [4.69, 9.17) is 16.3 Å². The Labute approximate surface area is 163 Å². The number of nitrogens with one attached hydrogen (secondary N) is 1. The zero-order chi connectivity index (χ0) is 19.4. The molecule has 3 rings (SSSR count). The number of halogens is 1. The first-order valence-corrected chi connectivity index (χ1v) is 10.3. The molecule has 0 heterocycles. The van der Waals surface area contributed by atoms with Crippen LogP contribution in [0.25, 0.3) is 10.8 Å². The molecule has 0 aliphatic rings. The number of fused-ring (bicyclic) bond motifs is 1. The second-order valence-corrected chi connectivity index (χ2v) is 8.24. The quantitative estimate of drug-likeness (QED) is 0.625. The van der Waals surface area contributed by atoms with Gasteiger partial charge in [-0.05, 0) is 41.0 Å². The largest absolute Gasteiger partial charge is 0.495 e. The average molecular weight is 406 g/mol. The fourth-order valence-electron chi connectivity index (χ4n) is 2.96. The first kappa shape index (κ1) is 19.6. The Bertz CT molecular complexity index is 1050. The Morgan fingerprint density at radius 3 is 2.63 bits per heavy atom. The van der Waals surface area contributed by atoms with Gasteiger partial charge < -0.3 is 9.84 Å². The minimum absolute atomic E-state index is 0.0304. The molecule has 0 radical (unpaired) electrons. The van der Waals surface area contributed by atoms with Crippen LogP contribution in [-0.2, 0) is 10.0 Å². The number of benzene rings is 3. The van der Waals surface area contributed by atoms with Gasteiger partial charge in [0.05, 0.1) is 13.2 Å². The fraction of sp³-hybridized carbons (Fsp3) is 0.200. The van der Waals surface area contributed by atoms with Crippen molar-refractivity contribution in [1.82, 2.24) is 4.72 Å². The van der Waals surface area contributed by atoms with Crippen molar-refractivity contribution in [3.63, 3.8) is 0 Å². The van der Waals surface area contributed by atoms with E-state index >= 15 is 0 Å². The lowest BCUT2D eigenvalue weighted by atomic mass is 9.99. The summed E-state index contributed by atoms with van der Waals surface area (Å²) in [6.45, 7) is 0.0718. The Morgan fingerprint density at radius 2 is 1.85 bits per heavy atom. The molecule has 0 amide bonds. The Hall–Kier alpha value is -2.12. The first-order chi connectivity index (χ1) is 12.9. The van der Waals surface area contributed by atoms with Gasteiger partial charge in [-0.3, -0.25) is 0 Å². The molecular formula is C20H20ClNO4S. The van der Waals surface area contributed by atoms with Crippen LogP contribution in [0.2, 0.25) is 5.02 Å². The summed E-state index contributed by atoms with van der Waals surface area (Å²) >= 11 is 5.91. The monoisotopic (exact) mass is 405 g/mol. The van der Waals surface area contributed by atoms with Crippen LogP contribution in [0.5, 0.6) is 5.75 Å². The van der Waals surface area contributed by atoms with Crippen LogP contribution in [-0.4, -0.2) is 27.2 Å². The molecule has 3 aromatic rings. The number of methoxy groups -OCH3 is 1. The molecule has 3 aromatic carbocycles. The third-order valence-electron chi connectivity index (χ3n) is 4.31. The molecule has 0 aromatic heterocycles. The van der Waals surface area contributed by atoms with Crippen LogP contribution < -0.4 is 9.46 Å². The summed E-state index contributed by atoms with van der Waals surface area (Å²) in [5.41, 5.74) is 0.771. The van der Waals surface area contributed by atoms with Crippen LogP contribution in [0.1, 0.15) is 18.1 Å². The molecule has 0 aliphatic carbocycles. The van der Waals surface area contributed by atoms with Crippen LogP contribution in [0.15, 0.2) is 65.6 Å². The third-order valence-corrected chi connectivity index (χ3v) is 6.02. The van der Waals surface area contributed by atoms with E-state index < -0.39 is 16.1 Å². The number of hydrogen-bond donors (Lipinski definition) is 2. The van der Waals surface area contributed by atoms with Crippen molar-refractivity contribution in [1.29, 1.82) is 0 Å². The first-order valence-electron chi connectivity index (χ1n) is 8.41. The molecule has 0 fully saturated rings. The standard InChI is InChI=1S/C20H20ClNO4S/c1-26-19-10-9-15(21)13-20(19)27(24,25)22-12-11-18(23)17-8-4-6-14-5-2-3-7-16(14)17/h2-10,13,18,22-23H,11-12H2,1H3. The van der Waals surface area contributed by atoms with Gasteiger partial charge in [-0.2, -0.15) is 0 Å². The van der Waals surface area contributed by atoms with Crippen LogP contribution >= 0.6 is 11.6 Å². The molecule has 0 aliphatic heterocycles. The summed E-state index contributed by atoms with van der Waals surface area (Å²) in [5.74, 6) is 0.210. The third kappa shape index (κ3) is 4.42. The second-order valence-electron chi connectivity index (χ2n) is 6.07. The maximum atomic E-state index is 12.6. The van der Waals surface area contributed by atoms with Gasteiger partial charge in [0, 0.05) is 11.6 Å². The van der Waals surface area contributed by atoms with Gasteiger partial charge in [0.25, 0.3) is 0 Å². The maximum Gasteiger partial charge on any atom is 0.244 e. The summed E-state index contributed by atoms with van der Waals surface area (Å²) < 4.78 is 32.7. The number of rotatable bonds is 7. The van der Waals surface area contributed by atoms with Gasteiger partial charge in [-0.1, -0.05) is 54.1 Å². The summed E-state index contributed by atoms with van der Waals surface area (Å²) in [6, 6.07) is 17.9. The van der Waals surface area contributed by atoms with Crippen molar-refractivity contribution < 1.29 is 18.3 Å². The number of aliphatic hydroxyl groups is 1. The van der Waals surface area contributed by atoms with Crippen molar-refractivity contribution in [2.24, 2.45) is 0 Å². The molecule has 2 N–H and O–H groups in total. The molecule has 0 bridgehead atoms. The van der Waals surface area contributed by atoms with Crippen LogP contribution in [0.4, 0.5) is 0 Å². The number of ether oxygens (including phenoxy) is 1. The van der Waals surface area contributed by atoms with Gasteiger partial charge in [0.15, 0.2) is 0 Å². The zero-order valence-corrected chi connectivity index (χ0v) is 16.3. The highest BCUT2D eigenvalue weighted by Gasteiger charge is 2.20. The number of sulfonamides is 1. The molecule has 7 heteroatoms. The molecule has 1 atom stereocenters. The summed E-state index contributed by atoms with van der Waals surface area (Å²) in [4.78, 5) is -0.0304. The average Bonchev–Trinajstić information content (AvgIpc) is 2.67.